The number of nitrogens with zero attached hydrogens (tertiary/aromatic N) is 3. The van der Waals surface area contributed by atoms with E-state index in [9.17, 15) is 0 Å². The highest BCUT2D eigenvalue weighted by atomic mass is 15.2. The lowest BCUT2D eigenvalue weighted by atomic mass is 10.2. The quantitative estimate of drug-likeness (QED) is 0.808. The van der Waals surface area contributed by atoms with E-state index < -0.39 is 0 Å². The zero-order chi connectivity index (χ0) is 11.5. The number of nitrogens with one attached hydrogen (secondary N) is 2. The fourth-order valence-corrected chi connectivity index (χ4v) is 1.73. The monoisotopic (exact) mass is 219 g/mol. The molecule has 0 spiro atoms. The zero-order valence-corrected chi connectivity index (χ0v) is 9.91. The summed E-state index contributed by atoms with van der Waals surface area (Å²) in [5, 5.41) is 14.7. The SMILES string of the molecule is Cc1n[nH]c(C)c1CNCc1cnn(C)c1. The molecule has 2 N–H and O–H groups in total. The fraction of sp³-hybridized carbons (Fsp3) is 0.455. The fourth-order valence-electron chi connectivity index (χ4n) is 1.73. The first-order chi connectivity index (χ1) is 7.66. The van der Waals surface area contributed by atoms with Crippen LogP contribution in [0.25, 0.3) is 0 Å². The van der Waals surface area contributed by atoms with Gasteiger partial charge in [0.05, 0.1) is 11.9 Å². The molecule has 0 saturated carbocycles. The predicted molar refractivity (Wildman–Crippen MR) is 61.8 cm³/mol. The van der Waals surface area contributed by atoms with Gasteiger partial charge in [0.1, 0.15) is 0 Å². The maximum atomic E-state index is 4.16. The minimum Gasteiger partial charge on any atom is -0.308 e. The highest BCUT2D eigenvalue weighted by Crippen LogP contribution is 2.08. The van der Waals surface area contributed by atoms with Crippen molar-refractivity contribution in [3.63, 3.8) is 0 Å². The minimum absolute atomic E-state index is 0.831. The highest BCUT2D eigenvalue weighted by molar-refractivity contribution is 5.22. The molecule has 16 heavy (non-hydrogen) atoms. The number of aromatic amines is 1. The number of H-pyrrole nitrogens is 1. The topological polar surface area (TPSA) is 58.5 Å². The van der Waals surface area contributed by atoms with Crippen molar-refractivity contribution in [2.45, 2.75) is 26.9 Å². The summed E-state index contributed by atoms with van der Waals surface area (Å²) >= 11 is 0. The Morgan fingerprint density at radius 1 is 1.38 bits per heavy atom. The predicted octanol–water partition coefficient (Wildman–Crippen LogP) is 1.05. The molecule has 0 aliphatic carbocycles. The second-order valence-electron chi connectivity index (χ2n) is 4.04. The van der Waals surface area contributed by atoms with Crippen molar-refractivity contribution in [1.29, 1.82) is 0 Å². The Hall–Kier alpha value is -1.62. The molecule has 0 radical (unpaired) electrons. The maximum absolute atomic E-state index is 4.16. The van der Waals surface area contributed by atoms with Gasteiger partial charge in [-0.3, -0.25) is 9.78 Å². The molecule has 2 aromatic heterocycles. The molecule has 0 amide bonds. The summed E-state index contributed by atoms with van der Waals surface area (Å²) in [6.07, 6.45) is 3.89. The smallest absolute Gasteiger partial charge is 0.0638 e. The summed E-state index contributed by atoms with van der Waals surface area (Å²) in [5.41, 5.74) is 4.65. The summed E-state index contributed by atoms with van der Waals surface area (Å²) in [6.45, 7) is 5.73. The Morgan fingerprint density at radius 2 is 2.19 bits per heavy atom. The van der Waals surface area contributed by atoms with E-state index >= 15 is 0 Å². The molecule has 2 heterocycles. The van der Waals surface area contributed by atoms with E-state index in [0.29, 0.717) is 0 Å². The van der Waals surface area contributed by atoms with Crippen LogP contribution in [0, 0.1) is 13.8 Å². The van der Waals surface area contributed by atoms with E-state index in [1.165, 1.54) is 11.1 Å². The van der Waals surface area contributed by atoms with Gasteiger partial charge in [-0.1, -0.05) is 0 Å². The molecule has 2 aromatic rings. The van der Waals surface area contributed by atoms with Crippen molar-refractivity contribution in [3.05, 3.63) is 34.9 Å². The third kappa shape index (κ3) is 2.30. The summed E-state index contributed by atoms with van der Waals surface area (Å²) in [4.78, 5) is 0. The van der Waals surface area contributed by atoms with Gasteiger partial charge < -0.3 is 5.32 Å². The number of aromatic nitrogens is 4. The third-order valence-electron chi connectivity index (χ3n) is 2.67. The van der Waals surface area contributed by atoms with Crippen molar-refractivity contribution in [1.82, 2.24) is 25.3 Å². The van der Waals surface area contributed by atoms with Crippen LogP contribution in [-0.4, -0.2) is 20.0 Å². The van der Waals surface area contributed by atoms with Crippen LogP contribution in [0.4, 0.5) is 0 Å². The van der Waals surface area contributed by atoms with Crippen LogP contribution in [-0.2, 0) is 20.1 Å². The van der Waals surface area contributed by atoms with Crippen LogP contribution in [0.5, 0.6) is 0 Å². The minimum atomic E-state index is 0.831. The van der Waals surface area contributed by atoms with Gasteiger partial charge in [-0.2, -0.15) is 10.2 Å². The molecule has 0 aliphatic rings. The van der Waals surface area contributed by atoms with Crippen molar-refractivity contribution < 1.29 is 0 Å². The molecule has 0 atom stereocenters. The second kappa shape index (κ2) is 4.49. The van der Waals surface area contributed by atoms with Gasteiger partial charge in [-0.05, 0) is 13.8 Å². The Morgan fingerprint density at radius 3 is 2.75 bits per heavy atom. The summed E-state index contributed by atoms with van der Waals surface area (Å²) < 4.78 is 1.81. The van der Waals surface area contributed by atoms with Crippen LogP contribution in [0.3, 0.4) is 0 Å². The van der Waals surface area contributed by atoms with E-state index in [0.717, 1.165) is 24.5 Å². The molecule has 0 fully saturated rings. The van der Waals surface area contributed by atoms with Gasteiger partial charge in [-0.15, -0.1) is 0 Å². The first-order valence-electron chi connectivity index (χ1n) is 5.35. The first-order valence-corrected chi connectivity index (χ1v) is 5.35. The Labute approximate surface area is 94.9 Å². The van der Waals surface area contributed by atoms with Gasteiger partial charge in [0.2, 0.25) is 0 Å². The molecule has 0 aromatic carbocycles. The molecule has 0 saturated heterocycles. The molecule has 2 rings (SSSR count). The first kappa shape index (κ1) is 10.9. The maximum Gasteiger partial charge on any atom is 0.0638 e. The molecule has 0 unspecified atom stereocenters. The molecule has 0 aliphatic heterocycles. The molecule has 0 bridgehead atoms. The van der Waals surface area contributed by atoms with Gasteiger partial charge in [0, 0.05) is 43.2 Å². The van der Waals surface area contributed by atoms with Gasteiger partial charge in [0.15, 0.2) is 0 Å². The van der Waals surface area contributed by atoms with E-state index in [2.05, 4.69) is 20.6 Å². The van der Waals surface area contributed by atoms with Crippen LogP contribution in [0.1, 0.15) is 22.5 Å². The average Bonchev–Trinajstić information content (AvgIpc) is 2.78. The van der Waals surface area contributed by atoms with E-state index in [1.807, 2.05) is 38.0 Å². The largest absolute Gasteiger partial charge is 0.308 e. The van der Waals surface area contributed by atoms with Crippen LogP contribution in [0.15, 0.2) is 12.4 Å². The Balaban J connectivity index is 1.89. The van der Waals surface area contributed by atoms with E-state index in [4.69, 9.17) is 0 Å². The molecule has 5 nitrogen and oxygen atoms in total. The standard InChI is InChI=1S/C11H17N5/c1-8-11(9(2)15-14-8)6-12-4-10-5-13-16(3)7-10/h5,7,12H,4,6H2,1-3H3,(H,14,15). The van der Waals surface area contributed by atoms with Crippen molar-refractivity contribution >= 4 is 0 Å². The van der Waals surface area contributed by atoms with E-state index in [-0.39, 0.29) is 0 Å². The van der Waals surface area contributed by atoms with Crippen molar-refractivity contribution in [3.8, 4) is 0 Å². The normalized spacial score (nSPS) is 10.9. The molecule has 86 valence electrons. The van der Waals surface area contributed by atoms with Crippen molar-refractivity contribution in [2.75, 3.05) is 0 Å². The lowest BCUT2D eigenvalue weighted by molar-refractivity contribution is 0.687. The second-order valence-corrected chi connectivity index (χ2v) is 4.04. The molecule has 5 heteroatoms. The van der Waals surface area contributed by atoms with Crippen molar-refractivity contribution in [2.24, 2.45) is 7.05 Å². The lowest BCUT2D eigenvalue weighted by Crippen LogP contribution is -2.13. The van der Waals surface area contributed by atoms with Crippen LogP contribution < -0.4 is 5.32 Å². The highest BCUT2D eigenvalue weighted by Gasteiger charge is 2.05. The van der Waals surface area contributed by atoms with Crippen LogP contribution in [0.2, 0.25) is 0 Å². The molecular weight excluding hydrogens is 202 g/mol. The number of rotatable bonds is 4. The average molecular weight is 219 g/mol. The summed E-state index contributed by atoms with van der Waals surface area (Å²) in [5.74, 6) is 0. The van der Waals surface area contributed by atoms with Gasteiger partial charge >= 0.3 is 0 Å². The van der Waals surface area contributed by atoms with Gasteiger partial charge in [0.25, 0.3) is 0 Å². The summed E-state index contributed by atoms with van der Waals surface area (Å²) in [6, 6.07) is 0. The van der Waals surface area contributed by atoms with Crippen LogP contribution >= 0.6 is 0 Å². The van der Waals surface area contributed by atoms with Gasteiger partial charge in [-0.25, -0.2) is 0 Å². The number of aryl methyl sites for hydroxylation is 3. The number of hydrogen-bond acceptors (Lipinski definition) is 3. The third-order valence-corrected chi connectivity index (χ3v) is 2.67. The Bertz CT molecular complexity index is 449. The number of hydrogen-bond donors (Lipinski definition) is 2. The zero-order valence-electron chi connectivity index (χ0n) is 9.91. The summed E-state index contributed by atoms with van der Waals surface area (Å²) in [7, 11) is 1.92. The lowest BCUT2D eigenvalue weighted by Gasteiger charge is -2.03. The Kier molecular flexibility index (Phi) is 3.05. The van der Waals surface area contributed by atoms with E-state index in [1.54, 1.807) is 0 Å². The molecular formula is C11H17N5.